The number of aryl methyl sites for hydroxylation is 5. The number of nitrogens with one attached hydrogen (secondary N) is 1. The molecular weight excluding hydrogens is 1830 g/mol. The Morgan fingerprint density at radius 1 is 0.406 bits per heavy atom. The van der Waals surface area contributed by atoms with Crippen LogP contribution >= 0.6 is 69.6 Å². The molecule has 0 spiro atoms. The van der Waals surface area contributed by atoms with Crippen LogP contribution in [0.25, 0.3) is 45.6 Å². The van der Waals surface area contributed by atoms with Gasteiger partial charge in [0.15, 0.2) is 0 Å². The van der Waals surface area contributed by atoms with Gasteiger partial charge in [-0.15, -0.1) is 6.42 Å². The Labute approximate surface area is 799 Å². The molecule has 0 bridgehead atoms. The quantitative estimate of drug-likeness (QED) is 0.0194. The van der Waals surface area contributed by atoms with Crippen LogP contribution in [0.5, 0.6) is 17.2 Å². The van der Waals surface area contributed by atoms with E-state index in [1.807, 2.05) is 128 Å². The predicted molar refractivity (Wildman–Crippen MR) is 514 cm³/mol. The lowest BCUT2D eigenvalue weighted by Crippen LogP contribution is -2.23. The number of nitrogens with zero attached hydrogens (tertiary/aromatic N) is 8. The van der Waals surface area contributed by atoms with Gasteiger partial charge in [-0.2, -0.15) is 0 Å². The Bertz CT molecular complexity index is 6130. The monoisotopic (exact) mass is 1930 g/mol. The number of carboxylic acid groups (broad SMARTS) is 2. The number of rotatable bonds is 29. The van der Waals surface area contributed by atoms with Crippen LogP contribution in [-0.4, -0.2) is 96.9 Å². The Morgan fingerprint density at radius 2 is 0.714 bits per heavy atom. The van der Waals surface area contributed by atoms with Gasteiger partial charge in [0.1, 0.15) is 81.2 Å². The Balaban J connectivity index is 0.000000185. The van der Waals surface area contributed by atoms with Crippen LogP contribution in [0.1, 0.15) is 144 Å². The lowest BCUT2D eigenvalue weighted by Gasteiger charge is -2.20. The molecule has 0 saturated carbocycles. The number of carbonyl (C=O) groups is 4. The first kappa shape index (κ1) is 104. The zero-order valence-corrected chi connectivity index (χ0v) is 79.1. The summed E-state index contributed by atoms with van der Waals surface area (Å²) in [7, 11) is 0. The normalized spacial score (nSPS) is 10.9. The second kappa shape index (κ2) is 49.2. The highest BCUT2D eigenvalue weighted by atomic mass is 35.5. The number of para-hydroxylation sites is 3. The van der Waals surface area contributed by atoms with E-state index in [0.717, 1.165) is 107 Å². The number of Topliss-reactive ketones (excluding diaryl/α,β-unsaturated/α-hetero) is 1. The van der Waals surface area contributed by atoms with Crippen LogP contribution in [-0.2, 0) is 35.8 Å². The van der Waals surface area contributed by atoms with E-state index in [9.17, 15) is 55.7 Å². The number of benzene rings is 10. The van der Waals surface area contributed by atoms with Gasteiger partial charge in [0, 0.05) is 104 Å². The van der Waals surface area contributed by atoms with Crippen molar-refractivity contribution >= 4 is 93.2 Å². The number of unbranched alkanes of at least 4 members (excludes halogenated alkanes) is 2. The summed E-state index contributed by atoms with van der Waals surface area (Å²) in [5.74, 6) is 1.44. The van der Waals surface area contributed by atoms with E-state index >= 15 is 0 Å². The van der Waals surface area contributed by atoms with E-state index in [1.165, 1.54) is 71.8 Å². The van der Waals surface area contributed by atoms with Crippen molar-refractivity contribution in [3.05, 3.63) is 358 Å². The number of phenolic OH excluding ortho intramolecular Hbond substituents is 1. The summed E-state index contributed by atoms with van der Waals surface area (Å²) in [6, 6.07) is 57.0. The highest BCUT2D eigenvalue weighted by Gasteiger charge is 2.27. The van der Waals surface area contributed by atoms with E-state index < -0.39 is 58.2 Å². The van der Waals surface area contributed by atoms with Crippen LogP contribution in [0.15, 0.2) is 231 Å². The number of hydrogen-bond donors (Lipinski definition) is 4. The van der Waals surface area contributed by atoms with E-state index in [2.05, 4.69) is 54.8 Å². The van der Waals surface area contributed by atoms with Crippen LogP contribution in [0.4, 0.5) is 26.3 Å². The number of carboxylic acids is 2. The molecular formula is C103H99Cl6F6N9O9. The fourth-order valence-electron chi connectivity index (χ4n) is 13.3. The topological polar surface area (TPSA) is 231 Å². The Hall–Kier alpha value is -12.6. The highest BCUT2D eigenvalue weighted by molar-refractivity contribution is 6.32. The Morgan fingerprint density at radius 3 is 1.05 bits per heavy atom. The number of aromatic hydroxyl groups is 1. The molecule has 0 aliphatic carbocycles. The third-order valence-corrected chi connectivity index (χ3v) is 23.4. The molecule has 0 fully saturated rings. The minimum Gasteiger partial charge on any atom is -0.508 e. The van der Waals surface area contributed by atoms with Gasteiger partial charge in [-0.25, -0.2) is 51.1 Å². The van der Waals surface area contributed by atoms with Gasteiger partial charge >= 0.3 is 11.9 Å². The maximum absolute atomic E-state index is 14.0. The first-order chi connectivity index (χ1) is 63.2. The fraction of sp³-hybridized carbons (Fsp3) is 0.243. The van der Waals surface area contributed by atoms with Gasteiger partial charge < -0.3 is 48.4 Å². The average molecular weight is 1930 g/mol. The molecule has 18 nitrogen and oxygen atoms in total. The van der Waals surface area contributed by atoms with Crippen molar-refractivity contribution in [1.82, 2.24) is 43.5 Å². The zero-order chi connectivity index (χ0) is 97.0. The fourth-order valence-corrected chi connectivity index (χ4v) is 14.0. The molecule has 0 aliphatic heterocycles. The van der Waals surface area contributed by atoms with Crippen molar-refractivity contribution < 1.29 is 70.3 Å². The number of carbonyl (C=O) groups excluding carboxylic acids is 2. The molecule has 133 heavy (non-hydrogen) atoms. The van der Waals surface area contributed by atoms with Crippen molar-refractivity contribution in [3.63, 3.8) is 0 Å². The molecule has 14 aromatic rings. The van der Waals surface area contributed by atoms with Crippen LogP contribution in [0.2, 0.25) is 30.1 Å². The first-order valence-electron chi connectivity index (χ1n) is 42.0. The molecule has 0 atom stereocenters. The van der Waals surface area contributed by atoms with Crippen LogP contribution in [0, 0.1) is 92.7 Å². The van der Waals surface area contributed by atoms with Crippen LogP contribution in [0.3, 0.4) is 0 Å². The number of ketones is 1. The largest absolute Gasteiger partial charge is 0.508 e. The van der Waals surface area contributed by atoms with E-state index in [-0.39, 0.29) is 64.8 Å². The molecule has 10 aromatic carbocycles. The summed E-state index contributed by atoms with van der Waals surface area (Å²) >= 11 is 33.9. The van der Waals surface area contributed by atoms with Gasteiger partial charge in [-0.1, -0.05) is 168 Å². The molecule has 30 heteroatoms. The summed E-state index contributed by atoms with van der Waals surface area (Å²) in [6.45, 7) is 22.5. The van der Waals surface area contributed by atoms with E-state index in [1.54, 1.807) is 94.1 Å². The molecule has 14 rings (SSSR count). The van der Waals surface area contributed by atoms with Crippen molar-refractivity contribution in [1.29, 1.82) is 0 Å². The van der Waals surface area contributed by atoms with Gasteiger partial charge in [0.25, 0.3) is 5.91 Å². The highest BCUT2D eigenvalue weighted by Crippen LogP contribution is 2.35. The maximum atomic E-state index is 14.0. The predicted octanol–water partition coefficient (Wildman–Crippen LogP) is 26.7. The number of halogens is 12. The van der Waals surface area contributed by atoms with Crippen molar-refractivity contribution in [3.8, 4) is 75.1 Å². The van der Waals surface area contributed by atoms with Crippen molar-refractivity contribution in [2.75, 3.05) is 19.8 Å². The van der Waals surface area contributed by atoms with Crippen molar-refractivity contribution in [2.45, 2.75) is 134 Å². The van der Waals surface area contributed by atoms with Gasteiger partial charge in [0.2, 0.25) is 0 Å². The zero-order valence-electron chi connectivity index (χ0n) is 74.6. The molecule has 4 heterocycles. The van der Waals surface area contributed by atoms with E-state index in [0.29, 0.717) is 80.0 Å². The van der Waals surface area contributed by atoms with Gasteiger partial charge in [-0.3, -0.25) is 14.4 Å². The van der Waals surface area contributed by atoms with Crippen molar-refractivity contribution in [2.24, 2.45) is 10.8 Å². The summed E-state index contributed by atoms with van der Waals surface area (Å²) < 4.78 is 101. The number of hydrogen-bond acceptors (Lipinski definition) is 11. The number of ether oxygens (including phenoxy) is 2. The lowest BCUT2D eigenvalue weighted by atomic mass is 9.84. The third-order valence-electron chi connectivity index (χ3n) is 21.6. The second-order valence-electron chi connectivity index (χ2n) is 32.2. The lowest BCUT2D eigenvalue weighted by molar-refractivity contribution is -0.147. The molecule has 0 radical (unpaired) electrons. The summed E-state index contributed by atoms with van der Waals surface area (Å²) in [5, 5.41) is 30.2. The van der Waals surface area contributed by atoms with Gasteiger partial charge in [0.05, 0.1) is 80.5 Å². The van der Waals surface area contributed by atoms with Crippen LogP contribution < -0.4 is 14.8 Å². The molecule has 4 N–H and O–H groups in total. The number of aromatic nitrogens is 8. The molecule has 0 aliphatic rings. The number of imidazole rings is 4. The standard InChI is InChI=1S/C26H30ClFN2O2.C25H28ClFN2O3.C18H16ClFN2.C17H14ClFN2O.C10H7ClFNO.C7H4ClFO2/c1-18-16-29-25(20-11-12-22(27)23(28)15-20)30(18)17-21-9-5-6-10-24(21)32-14-8-7-13-26(3,4)19(2)31;1-17-15-28-23(18-10-11-20(26)21(27)14-18)29(17)16-19-8-4-5-9-22(19)32-13-7-6-12-25(2,3)24(30)31;1-12-5-3-4-6-15(12)11-22-13(2)10-21-18(22)14-7-8-16(19)17(20)9-14;1-11-9-20-17(12-6-7-14(18)15(19)8-12)21(11)10-13-4-2-3-5-16(13)22;1-2-5-13-10(14)7-3-4-8(11)9(12)6-7;8-5-2-1-4(7(10)11)3-6(5)9/h5-6,9-12,15-16H,7-8,13-14,17H2,1-4H3;4-5,8-11,14-15H,6-7,12-13,16H2,1-3H3,(H,30,31);3-10H,11H2,1-2H3;2-9,22H,10H2,1H3;1,3-4,6H,5H2,(H,13,14);1-3H,(H,10,11). The number of terminal acetylenes is 1. The Kier molecular flexibility index (Phi) is 38.5. The SMILES string of the molecule is C#CCNC(=O)c1ccc(Cl)c(F)c1.CC(=O)C(C)(C)CCCCOc1ccccc1Cn1c(C)cnc1-c1ccc(Cl)c(F)c1.Cc1ccccc1Cn1c(C)cnc1-c1ccc(Cl)c(F)c1.Cc1cnc(-c2ccc(Cl)c(F)c2)n1Cc1ccccc1O.Cc1cnc(-c2ccc(Cl)c(F)c2)n1Cc1ccccc1OCCCCC(C)(C)C(=O)O.O=C(O)c1ccc(Cl)c(F)c1. The average Bonchev–Trinajstić information content (AvgIpc) is 1.69. The van der Waals surface area contributed by atoms with E-state index in [4.69, 9.17) is 90.6 Å². The number of aliphatic carboxylic acids is 1. The number of amides is 1. The first-order valence-corrected chi connectivity index (χ1v) is 44.2. The molecule has 0 saturated heterocycles. The smallest absolute Gasteiger partial charge is 0.335 e. The number of aromatic carboxylic acids is 1. The minimum absolute atomic E-state index is 0.0153. The van der Waals surface area contributed by atoms with Gasteiger partial charge in [-0.05, 0) is 232 Å². The summed E-state index contributed by atoms with van der Waals surface area (Å²) in [6.07, 6.45) is 16.8. The summed E-state index contributed by atoms with van der Waals surface area (Å²) in [4.78, 5) is 62.2. The second-order valence-corrected chi connectivity index (χ2v) is 34.7. The maximum Gasteiger partial charge on any atom is 0.335 e. The molecule has 4 aromatic heterocycles. The minimum atomic E-state index is -1.17. The molecule has 1 amide bonds. The molecule has 0 unspecified atom stereocenters. The number of phenols is 1. The summed E-state index contributed by atoms with van der Waals surface area (Å²) in [5.41, 5.74) is 10.9. The molecule has 694 valence electrons. The third kappa shape index (κ3) is 29.7.